The predicted molar refractivity (Wildman–Crippen MR) is 154 cm³/mol. The molecule has 2 atom stereocenters. The van der Waals surface area contributed by atoms with E-state index in [4.69, 9.17) is 4.74 Å². The Bertz CT molecular complexity index is 1490. The van der Waals surface area contributed by atoms with Crippen LogP contribution < -0.4 is 5.56 Å². The summed E-state index contributed by atoms with van der Waals surface area (Å²) in [6.07, 6.45) is 6.45. The fourth-order valence-electron chi connectivity index (χ4n) is 5.91. The summed E-state index contributed by atoms with van der Waals surface area (Å²) in [6.45, 7) is 6.53. The summed E-state index contributed by atoms with van der Waals surface area (Å²) in [5, 5.41) is 14.4. The number of hydrogen-bond acceptors (Lipinski definition) is 6. The molecule has 1 aliphatic heterocycles. The number of esters is 1. The fourth-order valence-corrected chi connectivity index (χ4v) is 5.91. The van der Waals surface area contributed by atoms with Gasteiger partial charge in [-0.25, -0.2) is 9.78 Å². The number of fused-ring (bicyclic) bond motifs is 1. The van der Waals surface area contributed by atoms with Gasteiger partial charge in [0.15, 0.2) is 5.82 Å². The van der Waals surface area contributed by atoms with E-state index < -0.39 is 0 Å². The quantitative estimate of drug-likeness (QED) is 0.245. The molecule has 2 aromatic heterocycles. The zero-order valence-electron chi connectivity index (χ0n) is 23.6. The number of carbonyl (C=O) groups excluding carboxylic acids is 1. The van der Waals surface area contributed by atoms with Crippen molar-refractivity contribution in [3.05, 3.63) is 75.7 Å². The molecule has 3 heterocycles. The van der Waals surface area contributed by atoms with Crippen molar-refractivity contribution in [1.82, 2.24) is 30.0 Å². The lowest BCUT2D eigenvalue weighted by Gasteiger charge is -2.33. The molecule has 0 amide bonds. The van der Waals surface area contributed by atoms with Crippen molar-refractivity contribution in [2.24, 2.45) is 0 Å². The van der Waals surface area contributed by atoms with Crippen molar-refractivity contribution < 1.29 is 9.53 Å². The van der Waals surface area contributed by atoms with Gasteiger partial charge in [0, 0.05) is 29.7 Å². The fraction of sp³-hybridized carbons (Fsp3) is 0.452. The van der Waals surface area contributed by atoms with Crippen molar-refractivity contribution in [3.8, 4) is 22.5 Å². The minimum Gasteiger partial charge on any atom is -0.466 e. The molecular weight excluding hydrogens is 504 g/mol. The SMILES string of the molecule is CCCCc1c(Cc2ccc(-c3ccccc3-c3nnn[nH]3)cc2)c(=O)n2n1C(CCC(=O)OCC)CCC2C. The van der Waals surface area contributed by atoms with Crippen LogP contribution in [0.15, 0.2) is 53.3 Å². The van der Waals surface area contributed by atoms with E-state index in [1.54, 1.807) is 0 Å². The molecule has 210 valence electrons. The van der Waals surface area contributed by atoms with Gasteiger partial charge in [-0.05, 0) is 73.1 Å². The maximum Gasteiger partial charge on any atom is 0.305 e. The number of aromatic nitrogens is 6. The van der Waals surface area contributed by atoms with Crippen molar-refractivity contribution in [2.45, 2.75) is 84.2 Å². The molecule has 0 spiro atoms. The smallest absolute Gasteiger partial charge is 0.305 e. The maximum absolute atomic E-state index is 13.9. The average molecular weight is 543 g/mol. The van der Waals surface area contributed by atoms with Crippen LogP contribution in [0.5, 0.6) is 0 Å². The van der Waals surface area contributed by atoms with Crippen molar-refractivity contribution in [2.75, 3.05) is 6.61 Å². The van der Waals surface area contributed by atoms with Gasteiger partial charge in [-0.3, -0.25) is 14.3 Å². The highest BCUT2D eigenvalue weighted by atomic mass is 16.5. The zero-order valence-corrected chi connectivity index (χ0v) is 23.6. The highest BCUT2D eigenvalue weighted by Crippen LogP contribution is 2.34. The first-order valence-electron chi connectivity index (χ1n) is 14.4. The van der Waals surface area contributed by atoms with Crippen LogP contribution in [0.4, 0.5) is 0 Å². The molecular formula is C31H38N6O3. The first-order chi connectivity index (χ1) is 19.5. The molecule has 40 heavy (non-hydrogen) atoms. The molecule has 5 rings (SSSR count). The minimum absolute atomic E-state index is 0.103. The normalized spacial score (nSPS) is 16.6. The first kappa shape index (κ1) is 27.6. The van der Waals surface area contributed by atoms with Gasteiger partial charge < -0.3 is 4.74 Å². The summed E-state index contributed by atoms with van der Waals surface area (Å²) in [5.74, 6) is 0.457. The van der Waals surface area contributed by atoms with Gasteiger partial charge in [-0.2, -0.15) is 0 Å². The standard InChI is InChI=1S/C31H38N6O3/c1-4-6-11-28-27(31(39)36-21(3)12-17-24(37(28)36)18-19-29(38)40-5-2)20-22-13-15-23(16-14-22)25-9-7-8-10-26(25)30-32-34-35-33-30/h7-10,13-16,21,24H,4-6,11-12,17-20H2,1-3H3,(H,32,33,34,35). The molecule has 2 unspecified atom stereocenters. The number of rotatable bonds is 11. The summed E-state index contributed by atoms with van der Waals surface area (Å²) in [6, 6.07) is 16.7. The second kappa shape index (κ2) is 12.4. The molecule has 1 N–H and O–H groups in total. The number of ether oxygens (including phenoxy) is 1. The molecule has 0 bridgehead atoms. The van der Waals surface area contributed by atoms with Crippen LogP contribution in [0.25, 0.3) is 22.5 Å². The van der Waals surface area contributed by atoms with E-state index in [9.17, 15) is 9.59 Å². The zero-order chi connectivity index (χ0) is 28.1. The van der Waals surface area contributed by atoms with Crippen molar-refractivity contribution in [3.63, 3.8) is 0 Å². The van der Waals surface area contributed by atoms with Gasteiger partial charge in [-0.1, -0.05) is 61.9 Å². The van der Waals surface area contributed by atoms with E-state index in [0.29, 0.717) is 31.7 Å². The summed E-state index contributed by atoms with van der Waals surface area (Å²) in [4.78, 5) is 26.0. The lowest BCUT2D eigenvalue weighted by Crippen LogP contribution is -2.34. The second-order valence-electron chi connectivity index (χ2n) is 10.6. The van der Waals surface area contributed by atoms with Crippen molar-refractivity contribution >= 4 is 5.97 Å². The Labute approximate surface area is 234 Å². The first-order valence-corrected chi connectivity index (χ1v) is 14.4. The molecule has 0 aliphatic carbocycles. The Morgan fingerprint density at radius 1 is 1.05 bits per heavy atom. The van der Waals surface area contributed by atoms with Gasteiger partial charge in [0.2, 0.25) is 0 Å². The number of tetrazole rings is 1. The van der Waals surface area contributed by atoms with E-state index in [0.717, 1.165) is 65.6 Å². The lowest BCUT2D eigenvalue weighted by molar-refractivity contribution is -0.143. The largest absolute Gasteiger partial charge is 0.466 e. The minimum atomic E-state index is -0.168. The van der Waals surface area contributed by atoms with Crippen molar-refractivity contribution in [1.29, 1.82) is 0 Å². The third-order valence-corrected chi connectivity index (χ3v) is 7.93. The van der Waals surface area contributed by atoms with Crippen LogP contribution in [0.3, 0.4) is 0 Å². The van der Waals surface area contributed by atoms with Crippen LogP contribution in [-0.2, 0) is 22.4 Å². The number of H-pyrrole nitrogens is 1. The molecule has 0 radical (unpaired) electrons. The number of unbranched alkanes of at least 4 members (excludes halogenated alkanes) is 1. The van der Waals surface area contributed by atoms with Crippen LogP contribution in [0, 0.1) is 0 Å². The van der Waals surface area contributed by atoms with E-state index >= 15 is 0 Å². The van der Waals surface area contributed by atoms with Crippen LogP contribution >= 0.6 is 0 Å². The molecule has 0 fully saturated rings. The Balaban J connectivity index is 1.46. The van der Waals surface area contributed by atoms with Gasteiger partial charge in [-0.15, -0.1) is 5.10 Å². The Morgan fingerprint density at radius 2 is 1.82 bits per heavy atom. The molecule has 4 aromatic rings. The van der Waals surface area contributed by atoms with Crippen LogP contribution in [-0.4, -0.2) is 42.6 Å². The third-order valence-electron chi connectivity index (χ3n) is 7.93. The monoisotopic (exact) mass is 542 g/mol. The molecule has 9 nitrogen and oxygen atoms in total. The predicted octanol–water partition coefficient (Wildman–Crippen LogP) is 5.67. The lowest BCUT2D eigenvalue weighted by atomic mass is 9.96. The number of nitrogens with one attached hydrogen (secondary N) is 1. The number of benzene rings is 2. The van der Waals surface area contributed by atoms with Crippen LogP contribution in [0.1, 0.15) is 88.2 Å². The summed E-state index contributed by atoms with van der Waals surface area (Å²) < 4.78 is 9.40. The summed E-state index contributed by atoms with van der Waals surface area (Å²) in [7, 11) is 0. The Morgan fingerprint density at radius 3 is 2.52 bits per heavy atom. The maximum atomic E-state index is 13.9. The highest BCUT2D eigenvalue weighted by Gasteiger charge is 2.31. The summed E-state index contributed by atoms with van der Waals surface area (Å²) in [5.41, 5.74) is 6.23. The van der Waals surface area contributed by atoms with Gasteiger partial charge in [0.25, 0.3) is 5.56 Å². The number of aromatic amines is 1. The second-order valence-corrected chi connectivity index (χ2v) is 10.6. The molecule has 0 saturated heterocycles. The van der Waals surface area contributed by atoms with Gasteiger partial charge in [0.1, 0.15) is 0 Å². The third kappa shape index (κ3) is 5.64. The van der Waals surface area contributed by atoms with E-state index in [-0.39, 0.29) is 23.6 Å². The number of hydrogen-bond donors (Lipinski definition) is 1. The number of carbonyl (C=O) groups is 1. The molecule has 2 aromatic carbocycles. The Kier molecular flexibility index (Phi) is 8.57. The summed E-state index contributed by atoms with van der Waals surface area (Å²) >= 11 is 0. The topological polar surface area (TPSA) is 108 Å². The van der Waals surface area contributed by atoms with E-state index in [2.05, 4.69) is 69.5 Å². The van der Waals surface area contributed by atoms with Gasteiger partial charge in [0.05, 0.1) is 18.7 Å². The van der Waals surface area contributed by atoms with E-state index in [1.807, 2.05) is 29.8 Å². The Hall–Kier alpha value is -4.01. The van der Waals surface area contributed by atoms with Gasteiger partial charge >= 0.3 is 5.97 Å². The molecule has 1 aliphatic rings. The average Bonchev–Trinajstić information content (AvgIpc) is 3.60. The van der Waals surface area contributed by atoms with E-state index in [1.165, 1.54) is 0 Å². The van der Waals surface area contributed by atoms with Crippen LogP contribution in [0.2, 0.25) is 0 Å². The molecule has 0 saturated carbocycles. The number of nitrogens with zero attached hydrogens (tertiary/aromatic N) is 5. The highest BCUT2D eigenvalue weighted by molar-refractivity contribution is 5.80. The molecule has 9 heteroatoms.